The van der Waals surface area contributed by atoms with Crippen molar-refractivity contribution >= 4 is 22.9 Å². The standard InChI is InChI=1S/C24H25FN2O2S/c25-19-5-1-4-17(12-19)15-28-16-18-9-10-22(13-18)29-21-7-2-6-20(14-21)27-24(26)23-8-3-11-30-23/h1-8,11-12,14,18,22H,9-10,13,15-16H2,(H2,26,27)/t18-,22-/m0/s1. The Hall–Kier alpha value is -2.70. The van der Waals surface area contributed by atoms with Crippen LogP contribution in [0.1, 0.15) is 29.7 Å². The lowest BCUT2D eigenvalue weighted by Crippen LogP contribution is -2.14. The van der Waals surface area contributed by atoms with E-state index in [2.05, 4.69) is 4.99 Å². The Morgan fingerprint density at radius 2 is 2.00 bits per heavy atom. The van der Waals surface area contributed by atoms with Crippen LogP contribution in [0, 0.1) is 11.7 Å². The summed E-state index contributed by atoms with van der Waals surface area (Å²) in [6.45, 7) is 1.10. The third kappa shape index (κ3) is 5.68. The number of nitrogens with two attached hydrogens (primary N) is 1. The maximum Gasteiger partial charge on any atom is 0.141 e. The summed E-state index contributed by atoms with van der Waals surface area (Å²) < 4.78 is 25.2. The molecular weight excluding hydrogens is 399 g/mol. The summed E-state index contributed by atoms with van der Waals surface area (Å²) in [4.78, 5) is 5.46. The molecular formula is C24H25FN2O2S. The molecule has 0 bridgehead atoms. The highest BCUT2D eigenvalue weighted by atomic mass is 32.1. The molecule has 2 N–H and O–H groups in total. The molecule has 0 saturated heterocycles. The summed E-state index contributed by atoms with van der Waals surface area (Å²) in [7, 11) is 0. The van der Waals surface area contributed by atoms with Gasteiger partial charge in [-0.3, -0.25) is 0 Å². The van der Waals surface area contributed by atoms with Crippen molar-refractivity contribution in [3.8, 4) is 5.75 Å². The molecule has 2 aromatic carbocycles. The number of thiophene rings is 1. The molecule has 4 nitrogen and oxygen atoms in total. The van der Waals surface area contributed by atoms with Gasteiger partial charge in [-0.15, -0.1) is 11.3 Å². The number of benzene rings is 2. The van der Waals surface area contributed by atoms with Gasteiger partial charge < -0.3 is 15.2 Å². The molecule has 1 heterocycles. The first kappa shape index (κ1) is 20.6. The van der Waals surface area contributed by atoms with Crippen molar-refractivity contribution < 1.29 is 13.9 Å². The lowest BCUT2D eigenvalue weighted by Gasteiger charge is -2.15. The minimum Gasteiger partial charge on any atom is -0.490 e. The zero-order chi connectivity index (χ0) is 20.8. The van der Waals surface area contributed by atoms with Crippen LogP contribution in [0.25, 0.3) is 0 Å². The fourth-order valence-corrected chi connectivity index (χ4v) is 4.32. The zero-order valence-corrected chi connectivity index (χ0v) is 17.5. The van der Waals surface area contributed by atoms with Gasteiger partial charge in [0.2, 0.25) is 0 Å². The Labute approximate surface area is 180 Å². The predicted octanol–water partition coefficient (Wildman–Crippen LogP) is 5.69. The number of ether oxygens (including phenoxy) is 2. The van der Waals surface area contributed by atoms with Crippen molar-refractivity contribution in [3.05, 3.63) is 82.3 Å². The van der Waals surface area contributed by atoms with Crippen LogP contribution in [0.3, 0.4) is 0 Å². The monoisotopic (exact) mass is 424 g/mol. The highest BCUT2D eigenvalue weighted by Gasteiger charge is 2.26. The second-order valence-corrected chi connectivity index (χ2v) is 8.48. The van der Waals surface area contributed by atoms with Gasteiger partial charge in [0.05, 0.1) is 23.3 Å². The van der Waals surface area contributed by atoms with Gasteiger partial charge in [0.1, 0.15) is 17.4 Å². The minimum absolute atomic E-state index is 0.168. The number of nitrogens with zero attached hydrogens (tertiary/aromatic N) is 1. The number of amidine groups is 1. The van der Waals surface area contributed by atoms with Gasteiger partial charge in [0, 0.05) is 12.7 Å². The average Bonchev–Trinajstić information content (AvgIpc) is 3.41. The Morgan fingerprint density at radius 1 is 1.10 bits per heavy atom. The van der Waals surface area contributed by atoms with Gasteiger partial charge in [0.15, 0.2) is 0 Å². The van der Waals surface area contributed by atoms with Crippen LogP contribution >= 0.6 is 11.3 Å². The zero-order valence-electron chi connectivity index (χ0n) is 16.7. The molecule has 1 aliphatic carbocycles. The molecule has 0 spiro atoms. The second-order valence-electron chi connectivity index (χ2n) is 7.54. The minimum atomic E-state index is -0.228. The first-order chi connectivity index (χ1) is 14.7. The van der Waals surface area contributed by atoms with Gasteiger partial charge in [-0.2, -0.15) is 0 Å². The third-order valence-corrected chi connectivity index (χ3v) is 6.04. The van der Waals surface area contributed by atoms with Gasteiger partial charge >= 0.3 is 0 Å². The first-order valence-electron chi connectivity index (χ1n) is 10.1. The third-order valence-electron chi connectivity index (χ3n) is 5.15. The molecule has 1 aromatic heterocycles. The molecule has 0 radical (unpaired) electrons. The van der Waals surface area contributed by atoms with Gasteiger partial charge in [-0.25, -0.2) is 9.38 Å². The van der Waals surface area contributed by atoms with E-state index in [1.165, 1.54) is 12.1 Å². The summed E-state index contributed by atoms with van der Waals surface area (Å²) in [5, 5.41) is 1.98. The van der Waals surface area contributed by atoms with E-state index < -0.39 is 0 Å². The van der Waals surface area contributed by atoms with Crippen molar-refractivity contribution in [1.82, 2.24) is 0 Å². The van der Waals surface area contributed by atoms with Gasteiger partial charge in [-0.1, -0.05) is 24.3 Å². The van der Waals surface area contributed by atoms with Crippen molar-refractivity contribution in [2.45, 2.75) is 32.0 Å². The molecule has 0 aliphatic heterocycles. The molecule has 0 unspecified atom stereocenters. The number of hydrogen-bond donors (Lipinski definition) is 1. The average molecular weight is 425 g/mol. The maximum absolute atomic E-state index is 13.2. The molecule has 1 aliphatic rings. The van der Waals surface area contributed by atoms with E-state index in [-0.39, 0.29) is 11.9 Å². The number of aliphatic imine (C=N–C) groups is 1. The predicted molar refractivity (Wildman–Crippen MR) is 119 cm³/mol. The summed E-state index contributed by atoms with van der Waals surface area (Å²) in [5.74, 6) is 1.55. The van der Waals surface area contributed by atoms with Crippen molar-refractivity contribution in [2.75, 3.05) is 6.61 Å². The van der Waals surface area contributed by atoms with Crippen LogP contribution in [0.4, 0.5) is 10.1 Å². The molecule has 1 saturated carbocycles. The normalized spacial score (nSPS) is 19.2. The lowest BCUT2D eigenvalue weighted by atomic mass is 10.1. The molecule has 156 valence electrons. The molecule has 3 aromatic rings. The second kappa shape index (κ2) is 9.87. The van der Waals surface area contributed by atoms with Crippen LogP contribution < -0.4 is 10.5 Å². The lowest BCUT2D eigenvalue weighted by molar-refractivity contribution is 0.0838. The van der Waals surface area contributed by atoms with E-state index in [0.717, 1.165) is 41.1 Å². The summed E-state index contributed by atoms with van der Waals surface area (Å²) in [6.07, 6.45) is 3.19. The Morgan fingerprint density at radius 3 is 2.83 bits per heavy atom. The van der Waals surface area contributed by atoms with Crippen molar-refractivity contribution in [1.29, 1.82) is 0 Å². The number of halogens is 1. The highest BCUT2D eigenvalue weighted by molar-refractivity contribution is 7.12. The molecule has 4 rings (SSSR count). The first-order valence-corrected chi connectivity index (χ1v) is 11.0. The summed E-state index contributed by atoms with van der Waals surface area (Å²) in [5.41, 5.74) is 7.73. The fraction of sp³-hybridized carbons (Fsp3) is 0.292. The van der Waals surface area contributed by atoms with E-state index in [1.807, 2.05) is 47.8 Å². The van der Waals surface area contributed by atoms with Crippen LogP contribution in [0.2, 0.25) is 0 Å². The quantitative estimate of drug-likeness (QED) is 0.373. The molecule has 30 heavy (non-hydrogen) atoms. The Balaban J connectivity index is 1.27. The largest absolute Gasteiger partial charge is 0.490 e. The van der Waals surface area contributed by atoms with Crippen molar-refractivity contribution in [2.24, 2.45) is 16.6 Å². The maximum atomic E-state index is 13.2. The summed E-state index contributed by atoms with van der Waals surface area (Å²) >= 11 is 1.57. The molecule has 6 heteroatoms. The number of rotatable bonds is 8. The topological polar surface area (TPSA) is 56.8 Å². The van der Waals surface area contributed by atoms with Crippen LogP contribution in [-0.4, -0.2) is 18.5 Å². The highest BCUT2D eigenvalue weighted by Crippen LogP contribution is 2.31. The fourth-order valence-electron chi connectivity index (χ4n) is 3.69. The molecule has 0 amide bonds. The SMILES string of the molecule is NC(=Nc1cccc(O[C@H]2CC[C@H](COCc3cccc(F)c3)C2)c1)c1cccs1. The Kier molecular flexibility index (Phi) is 6.77. The van der Waals surface area contributed by atoms with Crippen LogP contribution in [0.15, 0.2) is 71.0 Å². The number of hydrogen-bond acceptors (Lipinski definition) is 4. The van der Waals surface area contributed by atoms with E-state index in [0.29, 0.717) is 25.0 Å². The molecule has 1 fully saturated rings. The van der Waals surface area contributed by atoms with E-state index in [1.54, 1.807) is 17.4 Å². The van der Waals surface area contributed by atoms with Crippen molar-refractivity contribution in [3.63, 3.8) is 0 Å². The van der Waals surface area contributed by atoms with E-state index in [9.17, 15) is 4.39 Å². The summed E-state index contributed by atoms with van der Waals surface area (Å²) in [6, 6.07) is 18.2. The van der Waals surface area contributed by atoms with E-state index in [4.69, 9.17) is 15.2 Å². The van der Waals surface area contributed by atoms with Gasteiger partial charge in [0.25, 0.3) is 0 Å². The van der Waals surface area contributed by atoms with Gasteiger partial charge in [-0.05, 0) is 66.5 Å². The molecule has 2 atom stereocenters. The van der Waals surface area contributed by atoms with E-state index >= 15 is 0 Å². The van der Waals surface area contributed by atoms with Crippen LogP contribution in [-0.2, 0) is 11.3 Å². The van der Waals surface area contributed by atoms with Crippen LogP contribution in [0.5, 0.6) is 5.75 Å². The smallest absolute Gasteiger partial charge is 0.141 e. The Bertz CT molecular complexity index is 990.